The van der Waals surface area contributed by atoms with Gasteiger partial charge in [-0.25, -0.2) is 0 Å². The number of hydrogen-bond donors (Lipinski definition) is 1. The highest BCUT2D eigenvalue weighted by molar-refractivity contribution is 6.33. The summed E-state index contributed by atoms with van der Waals surface area (Å²) in [6.07, 6.45) is 3.72. The molecule has 0 aliphatic carbocycles. The zero-order chi connectivity index (χ0) is 13.0. The van der Waals surface area contributed by atoms with Crippen molar-refractivity contribution in [1.29, 1.82) is 0 Å². The fraction of sp³-hybridized carbons (Fsp3) is 0.600. The van der Waals surface area contributed by atoms with Crippen molar-refractivity contribution in [3.63, 3.8) is 0 Å². The van der Waals surface area contributed by atoms with Gasteiger partial charge < -0.3 is 10.2 Å². The fourth-order valence-corrected chi connectivity index (χ4v) is 2.81. The van der Waals surface area contributed by atoms with E-state index in [1.165, 1.54) is 30.5 Å². The molecule has 0 amide bonds. The Morgan fingerprint density at radius 2 is 2.28 bits per heavy atom. The van der Waals surface area contributed by atoms with Crippen LogP contribution >= 0.6 is 11.6 Å². The molecule has 1 N–H and O–H groups in total. The minimum Gasteiger partial charge on any atom is -0.369 e. The summed E-state index contributed by atoms with van der Waals surface area (Å²) in [7, 11) is 0. The molecule has 2 nitrogen and oxygen atoms in total. The standard InChI is InChI=1S/C15H23ClN2/c1-3-8-17-13-5-4-9-18(11-13)15-10-12(2)6-7-14(15)16/h6-7,10,13,17H,3-5,8-9,11H2,1-2H3. The highest BCUT2D eigenvalue weighted by atomic mass is 35.5. The minimum absolute atomic E-state index is 0.607. The third-order valence-electron chi connectivity index (χ3n) is 3.55. The summed E-state index contributed by atoms with van der Waals surface area (Å²) in [6, 6.07) is 6.89. The van der Waals surface area contributed by atoms with Gasteiger partial charge in [0.1, 0.15) is 0 Å². The van der Waals surface area contributed by atoms with Gasteiger partial charge >= 0.3 is 0 Å². The second kappa shape index (κ2) is 6.44. The lowest BCUT2D eigenvalue weighted by molar-refractivity contribution is 0.423. The Bertz CT molecular complexity index is 392. The number of aryl methyl sites for hydroxylation is 1. The van der Waals surface area contributed by atoms with E-state index < -0.39 is 0 Å². The molecule has 1 aliphatic heterocycles. The maximum absolute atomic E-state index is 6.32. The van der Waals surface area contributed by atoms with Crippen LogP contribution in [0.5, 0.6) is 0 Å². The van der Waals surface area contributed by atoms with E-state index in [1.807, 2.05) is 6.07 Å². The Morgan fingerprint density at radius 3 is 3.06 bits per heavy atom. The second-order valence-corrected chi connectivity index (χ2v) is 5.60. The average Bonchev–Trinajstić information content (AvgIpc) is 2.39. The number of piperidine rings is 1. The molecule has 0 aromatic heterocycles. The van der Waals surface area contributed by atoms with Gasteiger partial charge in [-0.3, -0.25) is 0 Å². The molecule has 1 saturated heterocycles. The summed E-state index contributed by atoms with van der Waals surface area (Å²) in [6.45, 7) is 7.64. The number of benzene rings is 1. The van der Waals surface area contributed by atoms with Gasteiger partial charge in [0.2, 0.25) is 0 Å². The van der Waals surface area contributed by atoms with E-state index in [0.29, 0.717) is 6.04 Å². The number of rotatable bonds is 4. The van der Waals surface area contributed by atoms with Crippen LogP contribution in [0.1, 0.15) is 31.7 Å². The molecule has 1 aromatic rings. The van der Waals surface area contributed by atoms with Gasteiger partial charge in [0.25, 0.3) is 0 Å². The Labute approximate surface area is 115 Å². The molecule has 1 heterocycles. The van der Waals surface area contributed by atoms with Crippen molar-refractivity contribution in [2.75, 3.05) is 24.5 Å². The molecule has 18 heavy (non-hydrogen) atoms. The van der Waals surface area contributed by atoms with Crippen molar-refractivity contribution in [1.82, 2.24) is 5.32 Å². The maximum atomic E-state index is 6.32. The molecule has 3 heteroatoms. The first-order valence-corrected chi connectivity index (χ1v) is 7.33. The van der Waals surface area contributed by atoms with Crippen LogP contribution in [0.25, 0.3) is 0 Å². The lowest BCUT2D eigenvalue weighted by Crippen LogP contribution is -2.46. The highest BCUT2D eigenvalue weighted by Gasteiger charge is 2.20. The molecule has 0 radical (unpaired) electrons. The van der Waals surface area contributed by atoms with Crippen molar-refractivity contribution in [3.05, 3.63) is 28.8 Å². The number of nitrogens with zero attached hydrogens (tertiary/aromatic N) is 1. The van der Waals surface area contributed by atoms with Gasteiger partial charge in [-0.15, -0.1) is 0 Å². The van der Waals surface area contributed by atoms with Crippen molar-refractivity contribution >= 4 is 17.3 Å². The summed E-state index contributed by atoms with van der Waals surface area (Å²) in [5.74, 6) is 0. The smallest absolute Gasteiger partial charge is 0.0639 e. The molecule has 1 aromatic carbocycles. The monoisotopic (exact) mass is 266 g/mol. The molecule has 1 aliphatic rings. The lowest BCUT2D eigenvalue weighted by Gasteiger charge is -2.35. The topological polar surface area (TPSA) is 15.3 Å². The maximum Gasteiger partial charge on any atom is 0.0639 e. The lowest BCUT2D eigenvalue weighted by atomic mass is 10.0. The molecule has 0 saturated carbocycles. The van der Waals surface area contributed by atoms with Gasteiger partial charge in [0.05, 0.1) is 10.7 Å². The third-order valence-corrected chi connectivity index (χ3v) is 3.87. The van der Waals surface area contributed by atoms with Gasteiger partial charge in [0, 0.05) is 19.1 Å². The largest absolute Gasteiger partial charge is 0.369 e. The van der Waals surface area contributed by atoms with Gasteiger partial charge in [-0.2, -0.15) is 0 Å². The van der Waals surface area contributed by atoms with E-state index in [1.54, 1.807) is 0 Å². The predicted octanol–water partition coefficient (Wildman–Crippen LogP) is 3.62. The van der Waals surface area contributed by atoms with Crippen LogP contribution in [0.15, 0.2) is 18.2 Å². The Hall–Kier alpha value is -0.730. The number of halogens is 1. The summed E-state index contributed by atoms with van der Waals surface area (Å²) in [4.78, 5) is 2.42. The minimum atomic E-state index is 0.607. The third kappa shape index (κ3) is 3.39. The SMILES string of the molecule is CCCNC1CCCN(c2cc(C)ccc2Cl)C1. The van der Waals surface area contributed by atoms with Crippen LogP contribution in [-0.2, 0) is 0 Å². The molecule has 0 spiro atoms. The first-order chi connectivity index (χ1) is 8.70. The summed E-state index contributed by atoms with van der Waals surface area (Å²) in [5.41, 5.74) is 2.47. The quantitative estimate of drug-likeness (QED) is 0.896. The van der Waals surface area contributed by atoms with E-state index in [2.05, 4.69) is 36.2 Å². The molecule has 100 valence electrons. The fourth-order valence-electron chi connectivity index (χ4n) is 2.58. The van der Waals surface area contributed by atoms with Crippen LogP contribution in [-0.4, -0.2) is 25.7 Å². The molecule has 1 fully saturated rings. The van der Waals surface area contributed by atoms with Crippen LogP contribution < -0.4 is 10.2 Å². The average molecular weight is 267 g/mol. The number of nitrogens with one attached hydrogen (secondary N) is 1. The summed E-state index contributed by atoms with van der Waals surface area (Å²) < 4.78 is 0. The Balaban J connectivity index is 2.05. The van der Waals surface area contributed by atoms with Crippen molar-refractivity contribution < 1.29 is 0 Å². The second-order valence-electron chi connectivity index (χ2n) is 5.19. The molecule has 0 bridgehead atoms. The van der Waals surface area contributed by atoms with E-state index >= 15 is 0 Å². The summed E-state index contributed by atoms with van der Waals surface area (Å²) in [5, 5.41) is 4.49. The highest BCUT2D eigenvalue weighted by Crippen LogP contribution is 2.29. The van der Waals surface area contributed by atoms with E-state index in [-0.39, 0.29) is 0 Å². The predicted molar refractivity (Wildman–Crippen MR) is 79.7 cm³/mol. The Kier molecular flexibility index (Phi) is 4.90. The van der Waals surface area contributed by atoms with Gasteiger partial charge in [-0.05, 0) is 50.4 Å². The van der Waals surface area contributed by atoms with E-state index in [9.17, 15) is 0 Å². The van der Waals surface area contributed by atoms with E-state index in [4.69, 9.17) is 11.6 Å². The zero-order valence-corrected chi connectivity index (χ0v) is 12.1. The van der Waals surface area contributed by atoms with Crippen molar-refractivity contribution in [2.24, 2.45) is 0 Å². The van der Waals surface area contributed by atoms with Crippen LogP contribution in [0.3, 0.4) is 0 Å². The Morgan fingerprint density at radius 1 is 1.44 bits per heavy atom. The zero-order valence-electron chi connectivity index (χ0n) is 11.4. The van der Waals surface area contributed by atoms with E-state index in [0.717, 1.165) is 24.7 Å². The van der Waals surface area contributed by atoms with Crippen LogP contribution in [0.4, 0.5) is 5.69 Å². The first-order valence-electron chi connectivity index (χ1n) is 6.95. The van der Waals surface area contributed by atoms with Crippen LogP contribution in [0.2, 0.25) is 5.02 Å². The van der Waals surface area contributed by atoms with Gasteiger partial charge in [-0.1, -0.05) is 24.6 Å². The van der Waals surface area contributed by atoms with Gasteiger partial charge in [0.15, 0.2) is 0 Å². The molecular formula is C15H23ClN2. The number of hydrogen-bond acceptors (Lipinski definition) is 2. The molecule has 2 rings (SSSR count). The van der Waals surface area contributed by atoms with Crippen molar-refractivity contribution in [3.8, 4) is 0 Å². The van der Waals surface area contributed by atoms with Crippen molar-refractivity contribution in [2.45, 2.75) is 39.2 Å². The normalized spacial score (nSPS) is 20.2. The van der Waals surface area contributed by atoms with Crippen LogP contribution in [0, 0.1) is 6.92 Å². The molecule has 1 unspecified atom stereocenters. The number of anilines is 1. The molecule has 1 atom stereocenters. The first kappa shape index (κ1) is 13.7. The molecular weight excluding hydrogens is 244 g/mol. The summed E-state index contributed by atoms with van der Waals surface area (Å²) >= 11 is 6.32.